The molecule has 0 rings (SSSR count). The van der Waals surface area contributed by atoms with Crippen LogP contribution in [0.1, 0.15) is 0 Å². The molecule has 0 saturated carbocycles. The second-order valence-corrected chi connectivity index (χ2v) is 2.77. The van der Waals surface area contributed by atoms with E-state index in [0.717, 1.165) is 0 Å². The molecule has 0 heterocycles. The van der Waals surface area contributed by atoms with Crippen molar-refractivity contribution in [1.29, 1.82) is 0 Å². The summed E-state index contributed by atoms with van der Waals surface area (Å²) < 4.78 is 2.86. The Morgan fingerprint density at radius 2 is 1.88 bits per heavy atom. The molecule has 0 aliphatic heterocycles. The van der Waals surface area contributed by atoms with Gasteiger partial charge in [-0.1, -0.05) is 0 Å². The van der Waals surface area contributed by atoms with Crippen LogP contribution in [0.3, 0.4) is 0 Å². The van der Waals surface area contributed by atoms with Gasteiger partial charge in [0.2, 0.25) is 0 Å². The Labute approximate surface area is 59.1 Å². The molecular formula is C3H10IN4-. The standard InChI is InChI=1S/C3H10IN4/c1-4-8-3(7)2(5)6/h8H,5-7H2,1H3/q-1. The summed E-state index contributed by atoms with van der Waals surface area (Å²) in [6.45, 7) is 0. The van der Waals surface area contributed by atoms with Gasteiger partial charge in [-0.15, -0.1) is 0 Å². The molecule has 0 aliphatic carbocycles. The summed E-state index contributed by atoms with van der Waals surface area (Å²) in [5.74, 6) is 0.576. The maximum absolute atomic E-state index is 5.27. The fourth-order valence-electron chi connectivity index (χ4n) is 0.156. The molecule has 0 aliphatic rings. The fourth-order valence-corrected chi connectivity index (χ4v) is 1.05. The average molecular weight is 229 g/mol. The first kappa shape index (κ1) is 7.67. The van der Waals surface area contributed by atoms with Crippen molar-refractivity contribution in [2.24, 2.45) is 17.2 Å². The molecule has 0 saturated heterocycles. The summed E-state index contributed by atoms with van der Waals surface area (Å²) >= 11 is -0.0593. The summed E-state index contributed by atoms with van der Waals surface area (Å²) in [5, 5.41) is 0. The van der Waals surface area contributed by atoms with Gasteiger partial charge in [0, 0.05) is 0 Å². The van der Waals surface area contributed by atoms with E-state index in [1.54, 1.807) is 0 Å². The summed E-state index contributed by atoms with van der Waals surface area (Å²) in [6, 6.07) is 0. The monoisotopic (exact) mass is 229 g/mol. The van der Waals surface area contributed by atoms with E-state index in [1.807, 2.05) is 4.93 Å². The van der Waals surface area contributed by atoms with Crippen molar-refractivity contribution in [3.05, 3.63) is 11.6 Å². The summed E-state index contributed by atoms with van der Waals surface area (Å²) in [4.78, 5) is 2.02. The predicted octanol–water partition coefficient (Wildman–Crippen LogP) is -4.79. The second-order valence-electron chi connectivity index (χ2n) is 1.15. The number of halogens is 1. The molecule has 5 heteroatoms. The number of hydrogen-bond donors (Lipinski definition) is 4. The Bertz CT molecular complexity index is 95.5. The van der Waals surface area contributed by atoms with Gasteiger partial charge in [-0.2, -0.15) is 0 Å². The zero-order chi connectivity index (χ0) is 6.57. The molecule has 0 aromatic heterocycles. The molecule has 0 atom stereocenters. The van der Waals surface area contributed by atoms with E-state index in [-0.39, 0.29) is 27.3 Å². The van der Waals surface area contributed by atoms with Crippen LogP contribution < -0.4 is 42.2 Å². The van der Waals surface area contributed by atoms with Gasteiger partial charge in [0.15, 0.2) is 0 Å². The Kier molecular flexibility index (Phi) is 3.49. The van der Waals surface area contributed by atoms with Crippen molar-refractivity contribution >= 4 is 0 Å². The van der Waals surface area contributed by atoms with Gasteiger partial charge < -0.3 is 0 Å². The van der Waals surface area contributed by atoms with Crippen LogP contribution in [0.25, 0.3) is 0 Å². The van der Waals surface area contributed by atoms with E-state index >= 15 is 0 Å². The zero-order valence-corrected chi connectivity index (χ0v) is 6.77. The normalized spacial score (nSPS) is 8.62. The van der Waals surface area contributed by atoms with E-state index in [2.05, 4.69) is 3.53 Å². The van der Waals surface area contributed by atoms with Crippen molar-refractivity contribution in [2.45, 2.75) is 0 Å². The number of nitrogens with one attached hydrogen (secondary N) is 1. The molecule has 0 aromatic carbocycles. The summed E-state index contributed by atoms with van der Waals surface area (Å²) in [7, 11) is 0. The Morgan fingerprint density at radius 3 is 2.00 bits per heavy atom. The Balaban J connectivity index is 3.62. The molecule has 8 heavy (non-hydrogen) atoms. The van der Waals surface area contributed by atoms with Crippen LogP contribution in [0.4, 0.5) is 0 Å². The third-order valence-corrected chi connectivity index (χ3v) is 1.63. The van der Waals surface area contributed by atoms with Gasteiger partial charge in [0.25, 0.3) is 0 Å². The predicted molar refractivity (Wildman–Crippen MR) is 28.6 cm³/mol. The zero-order valence-electron chi connectivity index (χ0n) is 4.61. The average Bonchev–Trinajstić information content (AvgIpc) is 1.67. The number of alkyl halides is 1. The molecule has 0 amide bonds. The van der Waals surface area contributed by atoms with Crippen LogP contribution in [-0.2, 0) is 0 Å². The molecule has 0 unspecified atom stereocenters. The van der Waals surface area contributed by atoms with Gasteiger partial charge in [0.05, 0.1) is 0 Å². The Morgan fingerprint density at radius 1 is 1.38 bits per heavy atom. The molecule has 4 nitrogen and oxygen atoms in total. The minimum atomic E-state index is -0.0593. The van der Waals surface area contributed by atoms with Gasteiger partial charge in [-0.25, -0.2) is 0 Å². The third-order valence-electron chi connectivity index (χ3n) is 0.507. The van der Waals surface area contributed by atoms with E-state index in [0.29, 0.717) is 5.82 Å². The molecule has 0 spiro atoms. The number of rotatable bonds is 2. The molecule has 7 N–H and O–H groups in total. The van der Waals surface area contributed by atoms with Crippen molar-refractivity contribution in [3.63, 3.8) is 0 Å². The van der Waals surface area contributed by atoms with Crippen LogP contribution in [0, 0.1) is 0 Å². The SMILES string of the molecule is C[I-]NC(N)=C(N)N. The topological polar surface area (TPSA) is 90.1 Å². The van der Waals surface area contributed by atoms with Gasteiger partial charge in [-0.3, -0.25) is 0 Å². The van der Waals surface area contributed by atoms with Gasteiger partial charge in [0.1, 0.15) is 0 Å². The van der Waals surface area contributed by atoms with E-state index in [1.165, 1.54) is 0 Å². The first-order valence-electron chi connectivity index (χ1n) is 1.93. The molecule has 50 valence electrons. The quantitative estimate of drug-likeness (QED) is 0.217. The van der Waals surface area contributed by atoms with Gasteiger partial charge in [-0.05, 0) is 0 Å². The van der Waals surface area contributed by atoms with Crippen molar-refractivity contribution in [3.8, 4) is 0 Å². The maximum atomic E-state index is 5.27. The molecule has 0 radical (unpaired) electrons. The first-order valence-corrected chi connectivity index (χ1v) is 5.17. The minimum absolute atomic E-state index is 0.0593. The number of hydrogen-bond acceptors (Lipinski definition) is 4. The molecule has 0 fully saturated rings. The van der Waals surface area contributed by atoms with Gasteiger partial charge >= 0.3 is 58.8 Å². The van der Waals surface area contributed by atoms with Crippen molar-refractivity contribution in [1.82, 2.24) is 3.53 Å². The van der Waals surface area contributed by atoms with E-state index in [9.17, 15) is 0 Å². The van der Waals surface area contributed by atoms with Crippen molar-refractivity contribution in [2.75, 3.05) is 4.93 Å². The van der Waals surface area contributed by atoms with E-state index in [4.69, 9.17) is 17.2 Å². The molecule has 0 bridgehead atoms. The first-order chi connectivity index (χ1) is 3.68. The fraction of sp³-hybridized carbons (Fsp3) is 0.333. The summed E-state index contributed by atoms with van der Waals surface area (Å²) in [6.07, 6.45) is 0. The van der Waals surface area contributed by atoms with Crippen molar-refractivity contribution < 1.29 is 21.5 Å². The molecule has 0 aromatic rings. The van der Waals surface area contributed by atoms with Crippen LogP contribution in [-0.4, -0.2) is 4.93 Å². The van der Waals surface area contributed by atoms with Crippen LogP contribution in [0.5, 0.6) is 0 Å². The van der Waals surface area contributed by atoms with E-state index < -0.39 is 0 Å². The number of nitrogens with two attached hydrogens (primary N) is 3. The Hall–Kier alpha value is -0.330. The van der Waals surface area contributed by atoms with Crippen LogP contribution in [0.15, 0.2) is 11.6 Å². The molecular weight excluding hydrogens is 219 g/mol. The summed E-state index contributed by atoms with van der Waals surface area (Å²) in [5.41, 5.74) is 15.5. The third kappa shape index (κ3) is 2.78. The van der Waals surface area contributed by atoms with Crippen LogP contribution in [0.2, 0.25) is 0 Å². The van der Waals surface area contributed by atoms with Crippen LogP contribution >= 0.6 is 0 Å². The second kappa shape index (κ2) is 3.65.